The number of nitrogens with one attached hydrogen (secondary N) is 1. The van der Waals surface area contributed by atoms with Crippen LogP contribution in [0.15, 0.2) is 36.4 Å². The van der Waals surface area contributed by atoms with Gasteiger partial charge in [0, 0.05) is 18.0 Å². The summed E-state index contributed by atoms with van der Waals surface area (Å²) >= 11 is 1.31. The number of carbonyl (C=O) groups is 1. The highest BCUT2D eigenvalue weighted by molar-refractivity contribution is 7.92. The van der Waals surface area contributed by atoms with E-state index in [0.717, 1.165) is 37.2 Å². The van der Waals surface area contributed by atoms with E-state index >= 15 is 0 Å². The van der Waals surface area contributed by atoms with Gasteiger partial charge < -0.3 is 10.1 Å². The molecule has 0 atom stereocenters. The van der Waals surface area contributed by atoms with Crippen molar-refractivity contribution in [2.45, 2.75) is 18.3 Å². The summed E-state index contributed by atoms with van der Waals surface area (Å²) < 4.78 is 31.4. The standard InChI is InChI=1S/C22H25N5O4S2/c1-31-19-8-7-16-20(25-19)32-21(23-16)24-18(28)13-26-11-9-22(10-12-26)14-27(33(2,29)30)17-6-4-3-5-15(17)22/h3-8H,9-14H2,1-2H3,(H,23,24,28). The van der Waals surface area contributed by atoms with Crippen molar-refractivity contribution in [2.24, 2.45) is 0 Å². The molecule has 4 heterocycles. The normalized spacial score (nSPS) is 17.9. The number of anilines is 2. The molecule has 0 aliphatic carbocycles. The number of nitrogens with zero attached hydrogens (tertiary/aromatic N) is 4. The summed E-state index contributed by atoms with van der Waals surface area (Å²) in [5.74, 6) is 0.385. The van der Waals surface area contributed by atoms with Gasteiger partial charge in [0.15, 0.2) is 5.13 Å². The number of rotatable bonds is 5. The minimum absolute atomic E-state index is 0.124. The summed E-state index contributed by atoms with van der Waals surface area (Å²) in [6.45, 7) is 2.17. The number of ether oxygens (including phenoxy) is 1. The highest BCUT2D eigenvalue weighted by atomic mass is 32.2. The lowest BCUT2D eigenvalue weighted by Gasteiger charge is -2.39. The van der Waals surface area contributed by atoms with Gasteiger partial charge in [0.05, 0.1) is 25.6 Å². The van der Waals surface area contributed by atoms with Crippen molar-refractivity contribution < 1.29 is 17.9 Å². The quantitative estimate of drug-likeness (QED) is 0.589. The van der Waals surface area contributed by atoms with Crippen LogP contribution in [0.2, 0.25) is 0 Å². The van der Waals surface area contributed by atoms with Gasteiger partial charge in [-0.15, -0.1) is 0 Å². The van der Waals surface area contributed by atoms with Gasteiger partial charge >= 0.3 is 0 Å². The van der Waals surface area contributed by atoms with Crippen LogP contribution in [0.1, 0.15) is 18.4 Å². The predicted octanol–water partition coefficient (Wildman–Crippen LogP) is 2.45. The second kappa shape index (κ2) is 8.23. The largest absolute Gasteiger partial charge is 0.481 e. The van der Waals surface area contributed by atoms with E-state index in [1.807, 2.05) is 30.3 Å². The minimum atomic E-state index is -3.34. The number of hydrogen-bond acceptors (Lipinski definition) is 8. The fourth-order valence-corrected chi connectivity index (χ4v) is 6.62. The van der Waals surface area contributed by atoms with Gasteiger partial charge in [-0.3, -0.25) is 14.0 Å². The molecule has 1 aromatic carbocycles. The van der Waals surface area contributed by atoms with Crippen molar-refractivity contribution in [3.8, 4) is 5.88 Å². The SMILES string of the molecule is COc1ccc2nc(NC(=O)CN3CCC4(CC3)CN(S(C)(=O)=O)c3ccccc34)sc2n1. The molecule has 33 heavy (non-hydrogen) atoms. The Morgan fingerprint density at radius 3 is 2.67 bits per heavy atom. The summed E-state index contributed by atoms with van der Waals surface area (Å²) in [6, 6.07) is 11.3. The van der Waals surface area contributed by atoms with Gasteiger partial charge in [0.2, 0.25) is 21.8 Å². The molecule has 1 fully saturated rings. The van der Waals surface area contributed by atoms with Gasteiger partial charge in [-0.25, -0.2) is 18.4 Å². The van der Waals surface area contributed by atoms with E-state index in [0.29, 0.717) is 27.9 Å². The van der Waals surface area contributed by atoms with Gasteiger partial charge in [0.1, 0.15) is 10.3 Å². The van der Waals surface area contributed by atoms with Crippen LogP contribution in [0.5, 0.6) is 5.88 Å². The van der Waals surface area contributed by atoms with Crippen molar-refractivity contribution in [1.29, 1.82) is 0 Å². The van der Waals surface area contributed by atoms with Crippen molar-refractivity contribution in [3.05, 3.63) is 42.0 Å². The Bertz CT molecular complexity index is 1320. The van der Waals surface area contributed by atoms with Crippen molar-refractivity contribution in [3.63, 3.8) is 0 Å². The smallest absolute Gasteiger partial charge is 0.240 e. The molecule has 0 saturated carbocycles. The molecule has 9 nitrogen and oxygen atoms in total. The van der Waals surface area contributed by atoms with E-state index in [9.17, 15) is 13.2 Å². The molecule has 2 aromatic heterocycles. The second-order valence-electron chi connectivity index (χ2n) is 8.59. The van der Waals surface area contributed by atoms with E-state index < -0.39 is 10.0 Å². The maximum Gasteiger partial charge on any atom is 0.240 e. The van der Waals surface area contributed by atoms with E-state index in [2.05, 4.69) is 20.2 Å². The van der Waals surface area contributed by atoms with Crippen LogP contribution in [-0.4, -0.2) is 68.7 Å². The number of hydrogen-bond donors (Lipinski definition) is 1. The summed E-state index contributed by atoms with van der Waals surface area (Å²) in [4.78, 5) is 24.2. The van der Waals surface area contributed by atoms with Crippen molar-refractivity contribution in [1.82, 2.24) is 14.9 Å². The Morgan fingerprint density at radius 1 is 1.18 bits per heavy atom. The zero-order chi connectivity index (χ0) is 23.2. The molecule has 1 saturated heterocycles. The van der Waals surface area contributed by atoms with E-state index in [-0.39, 0.29) is 17.9 Å². The van der Waals surface area contributed by atoms with Crippen LogP contribution in [0.4, 0.5) is 10.8 Å². The molecule has 2 aliphatic heterocycles. The van der Waals surface area contributed by atoms with Gasteiger partial charge in [-0.05, 0) is 43.6 Å². The summed E-state index contributed by atoms with van der Waals surface area (Å²) in [6.07, 6.45) is 2.86. The van der Waals surface area contributed by atoms with Crippen LogP contribution in [-0.2, 0) is 20.2 Å². The number of aromatic nitrogens is 2. The number of para-hydroxylation sites is 1. The molecular formula is C22H25N5O4S2. The number of likely N-dealkylation sites (tertiary alicyclic amines) is 1. The lowest BCUT2D eigenvalue weighted by atomic mass is 9.74. The number of thiazole rings is 1. The Morgan fingerprint density at radius 2 is 1.94 bits per heavy atom. The van der Waals surface area contributed by atoms with Crippen molar-refractivity contribution in [2.75, 3.05) is 49.2 Å². The van der Waals surface area contributed by atoms with Crippen LogP contribution in [0, 0.1) is 0 Å². The average Bonchev–Trinajstić information content (AvgIpc) is 3.33. The molecule has 11 heteroatoms. The summed E-state index contributed by atoms with van der Waals surface area (Å²) in [5.41, 5.74) is 2.39. The number of pyridine rings is 1. The number of fused-ring (bicyclic) bond motifs is 3. The fourth-order valence-electron chi connectivity index (χ4n) is 4.78. The second-order valence-corrected chi connectivity index (χ2v) is 11.5. The molecule has 0 unspecified atom stereocenters. The Hall–Kier alpha value is -2.76. The third-order valence-corrected chi connectivity index (χ3v) is 8.46. The number of amides is 1. The summed E-state index contributed by atoms with van der Waals surface area (Å²) in [7, 11) is -1.78. The summed E-state index contributed by atoms with van der Waals surface area (Å²) in [5, 5.41) is 3.39. The average molecular weight is 488 g/mol. The van der Waals surface area contributed by atoms with Crippen LogP contribution in [0.25, 0.3) is 10.3 Å². The maximum atomic E-state index is 12.7. The van der Waals surface area contributed by atoms with Crippen LogP contribution >= 0.6 is 11.3 Å². The lowest BCUT2D eigenvalue weighted by Crippen LogP contribution is -2.47. The molecule has 5 rings (SSSR count). The first-order chi connectivity index (χ1) is 15.8. The Labute approximate surface area is 196 Å². The first-order valence-electron chi connectivity index (χ1n) is 10.7. The predicted molar refractivity (Wildman–Crippen MR) is 129 cm³/mol. The monoisotopic (exact) mass is 487 g/mol. The third kappa shape index (κ3) is 4.16. The third-order valence-electron chi connectivity index (χ3n) is 6.46. The Balaban J connectivity index is 1.23. The first kappa shape index (κ1) is 22.1. The number of benzene rings is 1. The molecular weight excluding hydrogens is 462 g/mol. The Kier molecular flexibility index (Phi) is 5.50. The van der Waals surface area contributed by atoms with E-state index in [4.69, 9.17) is 4.74 Å². The zero-order valence-electron chi connectivity index (χ0n) is 18.4. The highest BCUT2D eigenvalue weighted by Gasteiger charge is 2.46. The molecule has 174 valence electrons. The number of piperidine rings is 1. The molecule has 3 aromatic rings. The first-order valence-corrected chi connectivity index (χ1v) is 13.3. The number of sulfonamides is 1. The topological polar surface area (TPSA) is 105 Å². The lowest BCUT2D eigenvalue weighted by molar-refractivity contribution is -0.117. The van der Waals surface area contributed by atoms with Gasteiger partial charge in [-0.2, -0.15) is 0 Å². The van der Waals surface area contributed by atoms with Crippen molar-refractivity contribution >= 4 is 48.4 Å². The zero-order valence-corrected chi connectivity index (χ0v) is 20.1. The van der Waals surface area contributed by atoms with Crippen LogP contribution in [0.3, 0.4) is 0 Å². The fraction of sp³-hybridized carbons (Fsp3) is 0.409. The maximum absolute atomic E-state index is 12.7. The molecule has 0 bridgehead atoms. The van der Waals surface area contributed by atoms with Gasteiger partial charge in [-0.1, -0.05) is 29.5 Å². The molecule has 2 aliphatic rings. The van der Waals surface area contributed by atoms with E-state index in [1.54, 1.807) is 13.2 Å². The number of methoxy groups -OCH3 is 1. The molecule has 1 N–H and O–H groups in total. The number of carbonyl (C=O) groups excluding carboxylic acids is 1. The van der Waals surface area contributed by atoms with Gasteiger partial charge in [0.25, 0.3) is 0 Å². The van der Waals surface area contributed by atoms with Crippen LogP contribution < -0.4 is 14.4 Å². The molecule has 1 amide bonds. The molecule has 0 radical (unpaired) electrons. The minimum Gasteiger partial charge on any atom is -0.481 e. The van der Waals surface area contributed by atoms with E-state index in [1.165, 1.54) is 21.9 Å². The molecule has 1 spiro atoms. The highest BCUT2D eigenvalue weighted by Crippen LogP contribution is 2.47.